The number of nitrogens with two attached hydrogens (primary N) is 2. The van der Waals surface area contributed by atoms with Gasteiger partial charge in [-0.2, -0.15) is 10.1 Å². The number of nitrogens with zero attached hydrogens (tertiary/aromatic N) is 6. The van der Waals surface area contributed by atoms with Gasteiger partial charge in [0.25, 0.3) is 5.91 Å². The summed E-state index contributed by atoms with van der Waals surface area (Å²) in [4.78, 5) is 28.9. The average molecular weight is 483 g/mol. The molecule has 0 saturated heterocycles. The predicted octanol–water partition coefficient (Wildman–Crippen LogP) is 2.70. The Kier molecular flexibility index (Phi) is 11.4. The first-order valence-electron chi connectivity index (χ1n) is 11.4. The third-order valence-electron chi connectivity index (χ3n) is 4.70. The second-order valence-electron chi connectivity index (χ2n) is 7.67. The van der Waals surface area contributed by atoms with Crippen molar-refractivity contribution in [3.63, 3.8) is 0 Å². The maximum Gasteiger partial charge on any atom is 0.281 e. The molecule has 0 aromatic carbocycles. The van der Waals surface area contributed by atoms with Gasteiger partial charge in [-0.05, 0) is 11.6 Å². The van der Waals surface area contributed by atoms with E-state index in [2.05, 4.69) is 38.9 Å². The number of aliphatic imine (C=N–C) groups is 1. The SMILES string of the molecule is CCC.COCCOCCn1cc(C(=O)N=C(N)C(C)c2ccc(-c3cnc(N)nc3)nc2)cn1. The third-order valence-corrected chi connectivity index (χ3v) is 4.70. The molecule has 1 unspecified atom stereocenters. The first-order chi connectivity index (χ1) is 16.9. The van der Waals surface area contributed by atoms with E-state index in [0.29, 0.717) is 37.6 Å². The molecule has 0 fully saturated rings. The molecular formula is C24H34N8O3. The number of ether oxygens (including phenoxy) is 2. The summed E-state index contributed by atoms with van der Waals surface area (Å²) in [5.74, 6) is -0.360. The topological polar surface area (TPSA) is 156 Å². The number of aromatic nitrogens is 5. The fourth-order valence-electron chi connectivity index (χ4n) is 2.75. The first kappa shape index (κ1) is 27.5. The van der Waals surface area contributed by atoms with Crippen LogP contribution in [-0.4, -0.2) is 63.4 Å². The summed E-state index contributed by atoms with van der Waals surface area (Å²) in [6, 6.07) is 3.70. The highest BCUT2D eigenvalue weighted by Crippen LogP contribution is 2.20. The Labute approximate surface area is 205 Å². The number of anilines is 1. The van der Waals surface area contributed by atoms with Crippen LogP contribution in [-0.2, 0) is 16.0 Å². The van der Waals surface area contributed by atoms with E-state index < -0.39 is 5.91 Å². The molecule has 3 aromatic rings. The van der Waals surface area contributed by atoms with Crippen LogP contribution in [0.25, 0.3) is 11.3 Å². The minimum Gasteiger partial charge on any atom is -0.387 e. The van der Waals surface area contributed by atoms with Crippen molar-refractivity contribution in [3.8, 4) is 11.3 Å². The van der Waals surface area contributed by atoms with Crippen molar-refractivity contribution in [3.05, 3.63) is 54.2 Å². The summed E-state index contributed by atoms with van der Waals surface area (Å²) in [6.45, 7) is 8.13. The number of amidine groups is 1. The van der Waals surface area contributed by atoms with Gasteiger partial charge in [-0.15, -0.1) is 0 Å². The van der Waals surface area contributed by atoms with Gasteiger partial charge in [-0.3, -0.25) is 14.5 Å². The van der Waals surface area contributed by atoms with Crippen molar-refractivity contribution in [2.45, 2.75) is 39.7 Å². The summed E-state index contributed by atoms with van der Waals surface area (Å²) < 4.78 is 11.9. The van der Waals surface area contributed by atoms with Gasteiger partial charge in [0.1, 0.15) is 5.84 Å². The molecule has 3 aromatic heterocycles. The Bertz CT molecular complexity index is 1070. The van der Waals surface area contributed by atoms with Gasteiger partial charge in [-0.1, -0.05) is 33.3 Å². The molecule has 35 heavy (non-hydrogen) atoms. The number of carbonyl (C=O) groups excluding carboxylic acids is 1. The fourth-order valence-corrected chi connectivity index (χ4v) is 2.75. The van der Waals surface area contributed by atoms with Crippen LogP contribution >= 0.6 is 0 Å². The van der Waals surface area contributed by atoms with E-state index in [9.17, 15) is 4.79 Å². The van der Waals surface area contributed by atoms with Gasteiger partial charge in [0, 0.05) is 43.4 Å². The Hall–Kier alpha value is -3.70. The number of nitrogen functional groups attached to an aromatic ring is 1. The van der Waals surface area contributed by atoms with E-state index in [1.807, 2.05) is 19.1 Å². The highest BCUT2D eigenvalue weighted by molar-refractivity contribution is 6.04. The molecule has 188 valence electrons. The van der Waals surface area contributed by atoms with E-state index in [1.54, 1.807) is 36.6 Å². The standard InChI is InChI=1S/C21H26N8O3.C3H8/c1-14(15-3-4-18(24-9-15)16-10-25-21(23)26-11-16)19(22)28-20(30)17-12-27-29(13-17)5-6-32-8-7-31-2;1-3-2/h3-4,9-14H,5-8H2,1-2H3,(H2,22,28,30)(H2,23,25,26);3H2,1-2H3. The molecule has 11 nitrogen and oxygen atoms in total. The Morgan fingerprint density at radius 1 is 1.09 bits per heavy atom. The number of hydrogen-bond acceptors (Lipinski definition) is 8. The molecule has 0 spiro atoms. The highest BCUT2D eigenvalue weighted by Gasteiger charge is 2.15. The Morgan fingerprint density at radius 3 is 2.43 bits per heavy atom. The normalized spacial score (nSPS) is 12.1. The maximum atomic E-state index is 12.5. The molecule has 0 bridgehead atoms. The van der Waals surface area contributed by atoms with Crippen molar-refractivity contribution in [2.75, 3.05) is 32.7 Å². The Morgan fingerprint density at radius 2 is 1.80 bits per heavy atom. The molecule has 0 saturated carbocycles. The number of pyridine rings is 1. The molecule has 4 N–H and O–H groups in total. The van der Waals surface area contributed by atoms with E-state index in [1.165, 1.54) is 12.6 Å². The van der Waals surface area contributed by atoms with Crippen LogP contribution in [0.3, 0.4) is 0 Å². The number of methoxy groups -OCH3 is 1. The van der Waals surface area contributed by atoms with Crippen molar-refractivity contribution >= 4 is 17.7 Å². The van der Waals surface area contributed by atoms with E-state index >= 15 is 0 Å². The van der Waals surface area contributed by atoms with Gasteiger partial charge < -0.3 is 20.9 Å². The van der Waals surface area contributed by atoms with Gasteiger partial charge in [0.05, 0.1) is 43.8 Å². The molecule has 0 aliphatic carbocycles. The minimum atomic E-state index is -0.454. The lowest BCUT2D eigenvalue weighted by Crippen LogP contribution is -2.21. The van der Waals surface area contributed by atoms with Crippen LogP contribution in [0.15, 0.2) is 48.1 Å². The number of rotatable bonds is 10. The fraction of sp³-hybridized carbons (Fsp3) is 0.417. The maximum absolute atomic E-state index is 12.5. The smallest absolute Gasteiger partial charge is 0.281 e. The first-order valence-corrected chi connectivity index (χ1v) is 11.4. The zero-order valence-corrected chi connectivity index (χ0v) is 20.7. The lowest BCUT2D eigenvalue weighted by molar-refractivity contribution is 0.0654. The second-order valence-corrected chi connectivity index (χ2v) is 7.67. The van der Waals surface area contributed by atoms with E-state index in [-0.39, 0.29) is 17.7 Å². The summed E-state index contributed by atoms with van der Waals surface area (Å²) in [5, 5.41) is 4.16. The third kappa shape index (κ3) is 8.87. The van der Waals surface area contributed by atoms with Crippen LogP contribution < -0.4 is 11.5 Å². The highest BCUT2D eigenvalue weighted by atomic mass is 16.5. The zero-order chi connectivity index (χ0) is 25.6. The summed E-state index contributed by atoms with van der Waals surface area (Å²) in [5.41, 5.74) is 14.2. The molecule has 3 rings (SSSR count). The van der Waals surface area contributed by atoms with Crippen LogP contribution in [0.1, 0.15) is 49.0 Å². The van der Waals surface area contributed by atoms with E-state index in [4.69, 9.17) is 20.9 Å². The summed E-state index contributed by atoms with van der Waals surface area (Å²) in [7, 11) is 1.62. The molecule has 1 amide bonds. The molecule has 11 heteroatoms. The molecular weight excluding hydrogens is 448 g/mol. The largest absolute Gasteiger partial charge is 0.387 e. The lowest BCUT2D eigenvalue weighted by Gasteiger charge is -2.11. The van der Waals surface area contributed by atoms with Crippen LogP contribution in [0.5, 0.6) is 0 Å². The van der Waals surface area contributed by atoms with Crippen molar-refractivity contribution < 1.29 is 14.3 Å². The van der Waals surface area contributed by atoms with E-state index in [0.717, 1.165) is 11.1 Å². The zero-order valence-electron chi connectivity index (χ0n) is 20.7. The van der Waals surface area contributed by atoms with Crippen molar-refractivity contribution in [1.29, 1.82) is 0 Å². The van der Waals surface area contributed by atoms with Crippen molar-refractivity contribution in [1.82, 2.24) is 24.7 Å². The summed E-state index contributed by atoms with van der Waals surface area (Å²) >= 11 is 0. The predicted molar refractivity (Wildman–Crippen MR) is 135 cm³/mol. The molecule has 0 radical (unpaired) electrons. The number of hydrogen-bond donors (Lipinski definition) is 2. The van der Waals surface area contributed by atoms with Crippen LogP contribution in [0, 0.1) is 0 Å². The summed E-state index contributed by atoms with van der Waals surface area (Å²) in [6.07, 6.45) is 9.23. The monoisotopic (exact) mass is 482 g/mol. The van der Waals surface area contributed by atoms with Crippen LogP contribution in [0.4, 0.5) is 5.95 Å². The van der Waals surface area contributed by atoms with Gasteiger partial charge >= 0.3 is 0 Å². The molecule has 1 atom stereocenters. The minimum absolute atomic E-state index is 0.191. The van der Waals surface area contributed by atoms with Gasteiger partial charge in [0.15, 0.2) is 0 Å². The van der Waals surface area contributed by atoms with Crippen molar-refractivity contribution in [2.24, 2.45) is 10.7 Å². The number of amides is 1. The van der Waals surface area contributed by atoms with Crippen LogP contribution in [0.2, 0.25) is 0 Å². The lowest BCUT2D eigenvalue weighted by atomic mass is 10.0. The molecule has 3 heterocycles. The average Bonchev–Trinajstić information content (AvgIpc) is 3.34. The Balaban J connectivity index is 0.00000137. The molecule has 0 aliphatic rings. The molecule has 0 aliphatic heterocycles. The van der Waals surface area contributed by atoms with Gasteiger partial charge in [0.2, 0.25) is 5.95 Å². The van der Waals surface area contributed by atoms with Gasteiger partial charge in [-0.25, -0.2) is 9.97 Å². The number of carbonyl (C=O) groups is 1. The second kappa shape index (κ2) is 14.5. The quantitative estimate of drug-likeness (QED) is 0.252.